The molecule has 0 amide bonds. The first-order chi connectivity index (χ1) is 9.75. The zero-order valence-electron chi connectivity index (χ0n) is 11.7. The van der Waals surface area contributed by atoms with Gasteiger partial charge in [0.25, 0.3) is 5.69 Å². The summed E-state index contributed by atoms with van der Waals surface area (Å²) in [5.41, 5.74) is 0.392. The zero-order valence-corrected chi connectivity index (χ0v) is 12.5. The Bertz CT molecular complexity index is 641. The normalized spacial score (nSPS) is 11.0. The third kappa shape index (κ3) is 5.38. The first kappa shape index (κ1) is 16.9. The molecule has 0 atom stereocenters. The molecule has 0 unspecified atom stereocenters. The first-order valence-electron chi connectivity index (χ1n) is 6.07. The summed E-state index contributed by atoms with van der Waals surface area (Å²) in [5, 5.41) is 10.8. The molecule has 0 bridgehead atoms. The number of nitrogens with one attached hydrogen (secondary N) is 1. The topological polar surface area (TPSA) is 116 Å². The van der Waals surface area contributed by atoms with Gasteiger partial charge in [0.05, 0.1) is 23.5 Å². The molecule has 0 aliphatic carbocycles. The highest BCUT2D eigenvalue weighted by Crippen LogP contribution is 2.23. The number of nitro groups is 1. The third-order valence-electron chi connectivity index (χ3n) is 2.70. The van der Waals surface area contributed by atoms with E-state index in [2.05, 4.69) is 9.46 Å². The lowest BCUT2D eigenvalue weighted by Crippen LogP contribution is -2.17. The van der Waals surface area contributed by atoms with Crippen LogP contribution in [0.4, 0.5) is 11.4 Å². The van der Waals surface area contributed by atoms with E-state index in [4.69, 9.17) is 0 Å². The van der Waals surface area contributed by atoms with Gasteiger partial charge in [-0.3, -0.25) is 19.6 Å². The lowest BCUT2D eigenvalue weighted by molar-refractivity contribution is -0.385. The van der Waals surface area contributed by atoms with Gasteiger partial charge < -0.3 is 4.74 Å². The van der Waals surface area contributed by atoms with Crippen molar-refractivity contribution in [2.24, 2.45) is 0 Å². The monoisotopic (exact) mass is 316 g/mol. The first-order valence-corrected chi connectivity index (χ1v) is 7.73. The Morgan fingerprint density at radius 1 is 1.43 bits per heavy atom. The van der Waals surface area contributed by atoms with Crippen LogP contribution in [0.3, 0.4) is 0 Å². The Labute approximate surface area is 122 Å². The molecule has 9 heteroatoms. The van der Waals surface area contributed by atoms with Gasteiger partial charge in [-0.25, -0.2) is 8.42 Å². The molecule has 0 spiro atoms. The van der Waals surface area contributed by atoms with Crippen LogP contribution in [-0.2, 0) is 19.6 Å². The van der Waals surface area contributed by atoms with E-state index < -0.39 is 20.9 Å². The molecule has 0 saturated heterocycles. The minimum atomic E-state index is -3.67. The van der Waals surface area contributed by atoms with Crippen LogP contribution in [0.25, 0.3) is 0 Å². The summed E-state index contributed by atoms with van der Waals surface area (Å²) in [6.07, 6.45) is 0.0986. The Balaban J connectivity index is 2.73. The van der Waals surface area contributed by atoms with E-state index in [1.54, 1.807) is 6.92 Å². The van der Waals surface area contributed by atoms with Gasteiger partial charge in [-0.1, -0.05) is 6.07 Å². The van der Waals surface area contributed by atoms with E-state index in [-0.39, 0.29) is 30.0 Å². The van der Waals surface area contributed by atoms with Crippen LogP contribution in [0.2, 0.25) is 0 Å². The fourth-order valence-electron chi connectivity index (χ4n) is 1.61. The smallest absolute Gasteiger partial charge is 0.305 e. The Kier molecular flexibility index (Phi) is 5.65. The van der Waals surface area contributed by atoms with Crippen molar-refractivity contribution < 1.29 is 22.9 Å². The van der Waals surface area contributed by atoms with Crippen molar-refractivity contribution in [3.63, 3.8) is 0 Å². The number of ether oxygens (including phenoxy) is 1. The lowest BCUT2D eigenvalue weighted by Gasteiger charge is -2.08. The number of nitrogens with zero attached hydrogens (tertiary/aromatic N) is 1. The summed E-state index contributed by atoms with van der Waals surface area (Å²) in [5.74, 6) is -0.764. The lowest BCUT2D eigenvalue weighted by atomic mass is 10.2. The number of rotatable bonds is 7. The average Bonchev–Trinajstić information content (AvgIpc) is 2.39. The number of hydrogen-bond acceptors (Lipinski definition) is 6. The number of hydrogen-bond donors (Lipinski definition) is 1. The number of nitro benzene ring substituents is 1. The van der Waals surface area contributed by atoms with Crippen molar-refractivity contribution in [1.82, 2.24) is 0 Å². The van der Waals surface area contributed by atoms with Gasteiger partial charge in [-0.15, -0.1) is 0 Å². The summed E-state index contributed by atoms with van der Waals surface area (Å²) < 4.78 is 30.3. The van der Waals surface area contributed by atoms with Crippen molar-refractivity contribution in [1.29, 1.82) is 0 Å². The molecule has 8 nitrogen and oxygen atoms in total. The van der Waals surface area contributed by atoms with E-state index in [0.717, 1.165) is 6.07 Å². The van der Waals surface area contributed by atoms with Gasteiger partial charge >= 0.3 is 5.97 Å². The maximum absolute atomic E-state index is 11.8. The number of methoxy groups -OCH3 is 1. The molecule has 0 aromatic heterocycles. The van der Waals surface area contributed by atoms with Gasteiger partial charge in [-0.2, -0.15) is 0 Å². The van der Waals surface area contributed by atoms with E-state index in [1.807, 2.05) is 0 Å². The number of esters is 1. The molecule has 21 heavy (non-hydrogen) atoms. The molecule has 0 aliphatic heterocycles. The van der Waals surface area contributed by atoms with E-state index in [0.29, 0.717) is 5.56 Å². The molecule has 0 aliphatic rings. The van der Waals surface area contributed by atoms with Gasteiger partial charge in [0.2, 0.25) is 10.0 Å². The second-order valence-corrected chi connectivity index (χ2v) is 6.20. The average molecular weight is 316 g/mol. The van der Waals surface area contributed by atoms with Crippen LogP contribution in [0.5, 0.6) is 0 Å². The summed E-state index contributed by atoms with van der Waals surface area (Å²) >= 11 is 0. The molecule has 0 fully saturated rings. The molecular formula is C12H16N2O6S. The maximum Gasteiger partial charge on any atom is 0.305 e. The highest BCUT2D eigenvalue weighted by Gasteiger charge is 2.15. The Morgan fingerprint density at radius 3 is 2.67 bits per heavy atom. The quantitative estimate of drug-likeness (QED) is 0.464. The summed E-state index contributed by atoms with van der Waals surface area (Å²) in [6.45, 7) is 1.56. The summed E-state index contributed by atoms with van der Waals surface area (Å²) in [6, 6.07) is 4.07. The van der Waals surface area contributed by atoms with Crippen LogP contribution >= 0.6 is 0 Å². The van der Waals surface area contributed by atoms with Gasteiger partial charge in [0, 0.05) is 18.1 Å². The van der Waals surface area contributed by atoms with Crippen LogP contribution in [-0.4, -0.2) is 32.2 Å². The fourth-order valence-corrected chi connectivity index (χ4v) is 2.72. The molecule has 1 aromatic rings. The predicted octanol–water partition coefficient (Wildman–Crippen LogP) is 1.60. The minimum absolute atomic E-state index is 0.00848. The predicted molar refractivity (Wildman–Crippen MR) is 76.5 cm³/mol. The van der Waals surface area contributed by atoms with Gasteiger partial charge in [0.15, 0.2) is 0 Å². The molecule has 1 aromatic carbocycles. The molecule has 0 radical (unpaired) electrons. The fraction of sp³-hybridized carbons (Fsp3) is 0.417. The zero-order chi connectivity index (χ0) is 16.0. The van der Waals surface area contributed by atoms with Crippen molar-refractivity contribution in [3.05, 3.63) is 33.9 Å². The van der Waals surface area contributed by atoms with Crippen molar-refractivity contribution in [2.45, 2.75) is 19.8 Å². The molecule has 116 valence electrons. The van der Waals surface area contributed by atoms with E-state index >= 15 is 0 Å². The van der Waals surface area contributed by atoms with Crippen LogP contribution in [0.1, 0.15) is 18.4 Å². The highest BCUT2D eigenvalue weighted by atomic mass is 32.2. The van der Waals surface area contributed by atoms with E-state index in [1.165, 1.54) is 19.2 Å². The molecule has 0 saturated carbocycles. The molecule has 1 N–H and O–H groups in total. The van der Waals surface area contributed by atoms with Crippen molar-refractivity contribution >= 4 is 27.4 Å². The number of anilines is 1. The third-order valence-corrected chi connectivity index (χ3v) is 4.07. The van der Waals surface area contributed by atoms with Crippen LogP contribution in [0.15, 0.2) is 18.2 Å². The van der Waals surface area contributed by atoms with Crippen LogP contribution < -0.4 is 4.72 Å². The molecular weight excluding hydrogens is 300 g/mol. The Morgan fingerprint density at radius 2 is 2.10 bits per heavy atom. The number of sulfonamides is 1. The number of carbonyl (C=O) groups excluding carboxylic acids is 1. The highest BCUT2D eigenvalue weighted by molar-refractivity contribution is 7.92. The summed E-state index contributed by atoms with van der Waals surface area (Å²) in [7, 11) is -2.45. The summed E-state index contributed by atoms with van der Waals surface area (Å²) in [4.78, 5) is 21.1. The largest absolute Gasteiger partial charge is 0.469 e. The number of benzene rings is 1. The van der Waals surface area contributed by atoms with E-state index in [9.17, 15) is 23.3 Å². The van der Waals surface area contributed by atoms with Crippen molar-refractivity contribution in [3.8, 4) is 0 Å². The maximum atomic E-state index is 11.8. The molecule has 0 heterocycles. The molecule has 1 rings (SSSR count). The number of carbonyl (C=O) groups is 1. The standard InChI is InChI=1S/C12H16N2O6S/c1-9-5-6-10(8-11(9)14(16)17)13-21(18,19)7-3-4-12(15)20-2/h5-6,8,13H,3-4,7H2,1-2H3. The SMILES string of the molecule is COC(=O)CCCS(=O)(=O)Nc1ccc(C)c([N+](=O)[O-])c1. The second-order valence-electron chi connectivity index (χ2n) is 4.36. The van der Waals surface area contributed by atoms with Crippen LogP contribution in [0, 0.1) is 17.0 Å². The van der Waals surface area contributed by atoms with Gasteiger partial charge in [-0.05, 0) is 19.4 Å². The number of aryl methyl sites for hydroxylation is 1. The minimum Gasteiger partial charge on any atom is -0.469 e. The van der Waals surface area contributed by atoms with Gasteiger partial charge in [0.1, 0.15) is 0 Å². The van der Waals surface area contributed by atoms with Crippen molar-refractivity contribution in [2.75, 3.05) is 17.6 Å². The Hall–Kier alpha value is -2.16. The second kappa shape index (κ2) is 7.02.